The molecule has 1 aromatic carbocycles. The SMILES string of the molecule is CC(C)CCOc1ccc(CO[C@H]2[C@H]3OC4(CCCCC4)O[C@@H]3O[C@@H]2[C@@H]2COC3(CCCCC3)O2)cc1. The van der Waals surface area contributed by atoms with Gasteiger partial charge in [-0.05, 0) is 55.7 Å². The summed E-state index contributed by atoms with van der Waals surface area (Å²) in [5.41, 5.74) is 1.09. The van der Waals surface area contributed by atoms with Crippen molar-refractivity contribution in [1.82, 2.24) is 0 Å². The van der Waals surface area contributed by atoms with Gasteiger partial charge in [-0.25, -0.2) is 0 Å². The van der Waals surface area contributed by atoms with Gasteiger partial charge in [0, 0.05) is 25.7 Å². The van der Waals surface area contributed by atoms with E-state index in [1.165, 1.54) is 12.8 Å². The van der Waals surface area contributed by atoms with Gasteiger partial charge in [0.2, 0.25) is 0 Å². The second kappa shape index (κ2) is 11.1. The molecule has 7 heteroatoms. The standard InChI is InChI=1S/C30H44O7/c1-21(2)13-18-31-23-11-9-22(10-12-23)19-32-26-25(24-20-33-29(35-24)14-5-3-6-15-29)34-28-27(26)36-30(37-28)16-7-4-8-17-30/h9-12,21,24-28H,3-8,13-20H2,1-2H3/t24-,25+,26+,27+,28-/m0/s1. The van der Waals surface area contributed by atoms with Crippen LogP contribution in [-0.2, 0) is 35.0 Å². The molecule has 2 saturated carbocycles. The van der Waals surface area contributed by atoms with Crippen LogP contribution in [0.5, 0.6) is 5.75 Å². The maximum atomic E-state index is 6.64. The van der Waals surface area contributed by atoms with Crippen LogP contribution in [-0.4, -0.2) is 55.5 Å². The summed E-state index contributed by atoms with van der Waals surface area (Å²) in [6, 6.07) is 8.20. The number of ether oxygens (including phenoxy) is 7. The van der Waals surface area contributed by atoms with Crippen LogP contribution in [0.15, 0.2) is 24.3 Å². The highest BCUT2D eigenvalue weighted by Gasteiger charge is 2.61. The van der Waals surface area contributed by atoms with Crippen molar-refractivity contribution < 1.29 is 33.2 Å². The molecule has 0 aromatic heterocycles. The molecule has 0 N–H and O–H groups in total. The molecule has 2 aliphatic carbocycles. The Morgan fingerprint density at radius 3 is 2.24 bits per heavy atom. The topological polar surface area (TPSA) is 64.6 Å². The monoisotopic (exact) mass is 516 g/mol. The summed E-state index contributed by atoms with van der Waals surface area (Å²) in [7, 11) is 0. The third kappa shape index (κ3) is 5.73. The lowest BCUT2D eigenvalue weighted by Crippen LogP contribution is -2.45. The average molecular weight is 517 g/mol. The van der Waals surface area contributed by atoms with Crippen LogP contribution < -0.4 is 4.74 Å². The van der Waals surface area contributed by atoms with Crippen molar-refractivity contribution in [2.24, 2.45) is 5.92 Å². The molecular weight excluding hydrogens is 472 g/mol. The number of rotatable bonds is 8. The van der Waals surface area contributed by atoms with Gasteiger partial charge in [-0.15, -0.1) is 0 Å². The molecule has 5 fully saturated rings. The minimum atomic E-state index is -0.521. The van der Waals surface area contributed by atoms with Crippen LogP contribution in [0, 0.1) is 5.92 Å². The van der Waals surface area contributed by atoms with Crippen molar-refractivity contribution in [3.05, 3.63) is 29.8 Å². The molecule has 2 spiro atoms. The lowest BCUT2D eigenvalue weighted by molar-refractivity contribution is -0.263. The lowest BCUT2D eigenvalue weighted by Gasteiger charge is -2.35. The van der Waals surface area contributed by atoms with Crippen LogP contribution in [0.3, 0.4) is 0 Å². The Morgan fingerprint density at radius 1 is 0.838 bits per heavy atom. The van der Waals surface area contributed by atoms with Gasteiger partial charge in [0.1, 0.15) is 30.2 Å². The van der Waals surface area contributed by atoms with Crippen LogP contribution in [0.2, 0.25) is 0 Å². The summed E-state index contributed by atoms with van der Waals surface area (Å²) < 4.78 is 44.9. The fraction of sp³-hybridized carbons (Fsp3) is 0.800. The predicted molar refractivity (Wildman–Crippen MR) is 137 cm³/mol. The maximum absolute atomic E-state index is 6.64. The van der Waals surface area contributed by atoms with Crippen molar-refractivity contribution in [3.8, 4) is 5.75 Å². The number of hydrogen-bond acceptors (Lipinski definition) is 7. The van der Waals surface area contributed by atoms with E-state index >= 15 is 0 Å². The normalized spacial score (nSPS) is 34.4. The minimum absolute atomic E-state index is 0.181. The van der Waals surface area contributed by atoms with Gasteiger partial charge in [0.05, 0.1) is 19.8 Å². The molecule has 206 valence electrons. The van der Waals surface area contributed by atoms with Crippen LogP contribution in [0.1, 0.15) is 90.0 Å². The predicted octanol–water partition coefficient (Wildman–Crippen LogP) is 5.87. The molecule has 3 heterocycles. The van der Waals surface area contributed by atoms with E-state index in [9.17, 15) is 0 Å². The van der Waals surface area contributed by atoms with Gasteiger partial charge in [-0.1, -0.05) is 38.8 Å². The van der Waals surface area contributed by atoms with E-state index in [0.29, 0.717) is 19.1 Å². The van der Waals surface area contributed by atoms with Crippen molar-refractivity contribution in [2.75, 3.05) is 13.2 Å². The Hall–Kier alpha value is -1.22. The fourth-order valence-electron chi connectivity index (χ4n) is 6.55. The molecule has 3 saturated heterocycles. The van der Waals surface area contributed by atoms with Gasteiger partial charge in [0.15, 0.2) is 17.9 Å². The van der Waals surface area contributed by atoms with Gasteiger partial charge in [-0.2, -0.15) is 0 Å². The molecule has 5 aliphatic rings. The first kappa shape index (κ1) is 26.0. The van der Waals surface area contributed by atoms with E-state index < -0.39 is 17.9 Å². The van der Waals surface area contributed by atoms with Crippen molar-refractivity contribution >= 4 is 0 Å². The smallest absolute Gasteiger partial charge is 0.190 e. The molecular formula is C30H44O7. The first-order valence-corrected chi connectivity index (χ1v) is 14.7. The maximum Gasteiger partial charge on any atom is 0.190 e. The van der Waals surface area contributed by atoms with E-state index in [4.69, 9.17) is 33.2 Å². The number of hydrogen-bond donors (Lipinski definition) is 0. The molecule has 7 nitrogen and oxygen atoms in total. The summed E-state index contributed by atoms with van der Waals surface area (Å²) in [6.45, 7) is 6.15. The minimum Gasteiger partial charge on any atom is -0.494 e. The Morgan fingerprint density at radius 2 is 1.54 bits per heavy atom. The van der Waals surface area contributed by atoms with Crippen molar-refractivity contribution in [2.45, 2.75) is 133 Å². The first-order chi connectivity index (χ1) is 18.0. The number of fused-ring (bicyclic) bond motifs is 1. The van der Waals surface area contributed by atoms with Gasteiger partial charge >= 0.3 is 0 Å². The summed E-state index contributed by atoms with van der Waals surface area (Å²) >= 11 is 0. The van der Waals surface area contributed by atoms with Crippen molar-refractivity contribution in [1.29, 1.82) is 0 Å². The second-order valence-electron chi connectivity index (χ2n) is 12.0. The van der Waals surface area contributed by atoms with E-state index in [-0.39, 0.29) is 24.4 Å². The third-order valence-electron chi connectivity index (χ3n) is 8.69. The quantitative estimate of drug-likeness (QED) is 0.428. The van der Waals surface area contributed by atoms with Gasteiger partial charge in [-0.3, -0.25) is 0 Å². The Bertz CT molecular complexity index is 874. The van der Waals surface area contributed by atoms with Crippen molar-refractivity contribution in [3.63, 3.8) is 0 Å². The molecule has 0 radical (unpaired) electrons. The Kier molecular flexibility index (Phi) is 7.81. The van der Waals surface area contributed by atoms with Gasteiger partial charge < -0.3 is 33.2 Å². The lowest BCUT2D eigenvalue weighted by atomic mass is 9.94. The molecule has 0 amide bonds. The summed E-state index contributed by atoms with van der Waals surface area (Å²) in [5.74, 6) is 0.557. The zero-order valence-corrected chi connectivity index (χ0v) is 22.5. The summed E-state index contributed by atoms with van der Waals surface area (Å²) in [5, 5.41) is 0. The Balaban J connectivity index is 1.12. The molecule has 3 aliphatic heterocycles. The summed E-state index contributed by atoms with van der Waals surface area (Å²) in [6.07, 6.45) is 10.4. The second-order valence-corrected chi connectivity index (χ2v) is 12.0. The molecule has 5 atom stereocenters. The highest BCUT2D eigenvalue weighted by molar-refractivity contribution is 5.27. The van der Waals surface area contributed by atoms with E-state index in [1.807, 2.05) is 12.1 Å². The highest BCUT2D eigenvalue weighted by atomic mass is 16.9. The van der Waals surface area contributed by atoms with Crippen LogP contribution in [0.25, 0.3) is 0 Å². The van der Waals surface area contributed by atoms with Crippen LogP contribution in [0.4, 0.5) is 0 Å². The highest BCUT2D eigenvalue weighted by Crippen LogP contribution is 2.48. The van der Waals surface area contributed by atoms with Crippen LogP contribution >= 0.6 is 0 Å². The fourth-order valence-corrected chi connectivity index (χ4v) is 6.55. The largest absolute Gasteiger partial charge is 0.494 e. The zero-order valence-electron chi connectivity index (χ0n) is 22.5. The van der Waals surface area contributed by atoms with Gasteiger partial charge in [0.25, 0.3) is 0 Å². The van der Waals surface area contributed by atoms with E-state index in [2.05, 4.69) is 26.0 Å². The molecule has 0 bridgehead atoms. The van der Waals surface area contributed by atoms with E-state index in [0.717, 1.165) is 75.7 Å². The first-order valence-electron chi connectivity index (χ1n) is 14.7. The zero-order chi connectivity index (χ0) is 25.3. The molecule has 0 unspecified atom stereocenters. The average Bonchev–Trinajstić information content (AvgIpc) is 3.55. The number of benzene rings is 1. The summed E-state index contributed by atoms with van der Waals surface area (Å²) in [4.78, 5) is 0. The molecule has 37 heavy (non-hydrogen) atoms. The van der Waals surface area contributed by atoms with E-state index in [1.54, 1.807) is 0 Å². The molecule has 6 rings (SSSR count). The molecule has 1 aromatic rings. The third-order valence-corrected chi connectivity index (χ3v) is 8.69. The Labute approximate surface area is 221 Å².